The first kappa shape index (κ1) is 21.6. The molecule has 2 rings (SSSR count). The molecule has 0 aromatic heterocycles. The van der Waals surface area contributed by atoms with E-state index in [-0.39, 0.29) is 13.2 Å². The van der Waals surface area contributed by atoms with Crippen molar-refractivity contribution in [3.05, 3.63) is 0 Å². The molecule has 0 bridgehead atoms. The van der Waals surface area contributed by atoms with Crippen LogP contribution in [0.1, 0.15) is 13.8 Å². The van der Waals surface area contributed by atoms with Gasteiger partial charge in [0.2, 0.25) is 0 Å². The normalized spacial score (nSPS) is 49.2. The van der Waals surface area contributed by atoms with Gasteiger partial charge >= 0.3 is 0 Å². The Labute approximate surface area is 139 Å². The van der Waals surface area contributed by atoms with Gasteiger partial charge in [-0.1, -0.05) is 0 Å². The SMILES string of the molecule is C[C@@H]1OC(CO)[C@@H](O)[C@H](O)C1O.C[C@@H]1OC(CO)[C@H](O)[C@H](O)C1O. The first-order valence-electron chi connectivity index (χ1n) is 7.76. The Morgan fingerprint density at radius 3 is 1.08 bits per heavy atom. The summed E-state index contributed by atoms with van der Waals surface area (Å²) >= 11 is 0. The van der Waals surface area contributed by atoms with Gasteiger partial charge in [0.05, 0.1) is 25.4 Å². The van der Waals surface area contributed by atoms with E-state index in [1.807, 2.05) is 0 Å². The summed E-state index contributed by atoms with van der Waals surface area (Å²) < 4.78 is 10.0. The summed E-state index contributed by atoms with van der Waals surface area (Å²) in [5.74, 6) is 0. The van der Waals surface area contributed by atoms with E-state index < -0.39 is 61.0 Å². The monoisotopic (exact) mass is 356 g/mol. The van der Waals surface area contributed by atoms with Gasteiger partial charge in [-0.3, -0.25) is 0 Å². The fourth-order valence-corrected chi connectivity index (χ4v) is 2.57. The molecule has 0 radical (unpaired) electrons. The molecule has 24 heavy (non-hydrogen) atoms. The number of hydrogen-bond acceptors (Lipinski definition) is 10. The number of aliphatic hydroxyl groups is 8. The van der Waals surface area contributed by atoms with Crippen LogP contribution in [-0.4, -0.2) is 115 Å². The second-order valence-corrected chi connectivity index (χ2v) is 6.07. The highest BCUT2D eigenvalue weighted by Gasteiger charge is 2.42. The Bertz CT molecular complexity index is 326. The lowest BCUT2D eigenvalue weighted by Crippen LogP contribution is -2.57. The third-order valence-electron chi connectivity index (χ3n) is 4.26. The number of rotatable bonds is 2. The molecule has 4 unspecified atom stereocenters. The van der Waals surface area contributed by atoms with Crippen LogP contribution in [-0.2, 0) is 9.47 Å². The van der Waals surface area contributed by atoms with Gasteiger partial charge in [0, 0.05) is 0 Å². The van der Waals surface area contributed by atoms with Gasteiger partial charge in [0.25, 0.3) is 0 Å². The maximum absolute atomic E-state index is 9.23. The van der Waals surface area contributed by atoms with Crippen LogP contribution in [0, 0.1) is 0 Å². The summed E-state index contributed by atoms with van der Waals surface area (Å²) in [6, 6.07) is 0. The van der Waals surface area contributed by atoms with E-state index in [0.29, 0.717) is 0 Å². The maximum atomic E-state index is 9.23. The van der Waals surface area contributed by atoms with E-state index in [1.165, 1.54) is 0 Å². The van der Waals surface area contributed by atoms with Gasteiger partial charge in [-0.25, -0.2) is 0 Å². The van der Waals surface area contributed by atoms with Crippen LogP contribution in [0.15, 0.2) is 0 Å². The van der Waals surface area contributed by atoms with Gasteiger partial charge in [0.15, 0.2) is 0 Å². The molecule has 2 aliphatic rings. The van der Waals surface area contributed by atoms with E-state index in [4.69, 9.17) is 19.7 Å². The third-order valence-corrected chi connectivity index (χ3v) is 4.26. The Morgan fingerprint density at radius 2 is 0.833 bits per heavy atom. The lowest BCUT2D eigenvalue weighted by molar-refractivity contribution is -0.224. The molecule has 0 aromatic rings. The summed E-state index contributed by atoms with van der Waals surface area (Å²) in [4.78, 5) is 0. The molecule has 2 saturated heterocycles. The molecular weight excluding hydrogens is 328 g/mol. The van der Waals surface area contributed by atoms with Gasteiger partial charge in [-0.05, 0) is 13.8 Å². The second kappa shape index (κ2) is 9.34. The minimum atomic E-state index is -1.24. The third kappa shape index (κ3) is 4.82. The maximum Gasteiger partial charge on any atom is 0.111 e. The average Bonchev–Trinajstić information content (AvgIpc) is 2.58. The van der Waals surface area contributed by atoms with Crippen molar-refractivity contribution in [1.29, 1.82) is 0 Å². The van der Waals surface area contributed by atoms with E-state index in [2.05, 4.69) is 0 Å². The highest BCUT2D eigenvalue weighted by Crippen LogP contribution is 2.21. The smallest absolute Gasteiger partial charge is 0.111 e. The lowest BCUT2D eigenvalue weighted by Gasteiger charge is -2.38. The molecule has 2 aliphatic heterocycles. The Kier molecular flexibility index (Phi) is 8.42. The Morgan fingerprint density at radius 1 is 0.542 bits per heavy atom. The van der Waals surface area contributed by atoms with Gasteiger partial charge in [0.1, 0.15) is 48.8 Å². The van der Waals surface area contributed by atoms with Crippen molar-refractivity contribution in [2.24, 2.45) is 0 Å². The molecule has 10 atom stereocenters. The summed E-state index contributed by atoms with van der Waals surface area (Å²) in [7, 11) is 0. The minimum Gasteiger partial charge on any atom is -0.394 e. The second-order valence-electron chi connectivity index (χ2n) is 6.07. The van der Waals surface area contributed by atoms with E-state index >= 15 is 0 Å². The summed E-state index contributed by atoms with van der Waals surface area (Å²) in [6.07, 6.45) is -9.87. The largest absolute Gasteiger partial charge is 0.394 e. The van der Waals surface area contributed by atoms with Crippen LogP contribution in [0.3, 0.4) is 0 Å². The number of aliphatic hydroxyl groups excluding tert-OH is 8. The molecule has 0 amide bonds. The lowest BCUT2D eigenvalue weighted by atomic mass is 9.96. The molecule has 0 aliphatic carbocycles. The molecule has 2 heterocycles. The van der Waals surface area contributed by atoms with Crippen LogP contribution in [0.5, 0.6) is 0 Å². The fourth-order valence-electron chi connectivity index (χ4n) is 2.57. The van der Waals surface area contributed by atoms with Gasteiger partial charge in [-0.2, -0.15) is 0 Å². The van der Waals surface area contributed by atoms with Crippen molar-refractivity contribution in [1.82, 2.24) is 0 Å². The van der Waals surface area contributed by atoms with Crippen LogP contribution in [0.25, 0.3) is 0 Å². The highest BCUT2D eigenvalue weighted by atomic mass is 16.5. The summed E-state index contributed by atoms with van der Waals surface area (Å²) in [6.45, 7) is 2.41. The molecule has 144 valence electrons. The quantitative estimate of drug-likeness (QED) is 0.241. The van der Waals surface area contributed by atoms with Crippen molar-refractivity contribution in [2.45, 2.75) is 74.9 Å². The zero-order valence-corrected chi connectivity index (χ0v) is 13.6. The highest BCUT2D eigenvalue weighted by molar-refractivity contribution is 4.90. The van der Waals surface area contributed by atoms with Crippen molar-refractivity contribution >= 4 is 0 Å². The van der Waals surface area contributed by atoms with E-state index in [0.717, 1.165) is 0 Å². The molecule has 0 aromatic carbocycles. The molecule has 2 fully saturated rings. The predicted octanol–water partition coefficient (Wildman–Crippen LogP) is -4.30. The molecule has 0 spiro atoms. The molecule has 0 saturated carbocycles. The van der Waals surface area contributed by atoms with Crippen molar-refractivity contribution in [2.75, 3.05) is 13.2 Å². The summed E-state index contributed by atoms with van der Waals surface area (Å²) in [5, 5.41) is 72.8. The molecule has 10 nitrogen and oxygen atoms in total. The molecule has 10 heteroatoms. The summed E-state index contributed by atoms with van der Waals surface area (Å²) in [5.41, 5.74) is 0. The fraction of sp³-hybridized carbons (Fsp3) is 1.00. The van der Waals surface area contributed by atoms with Crippen LogP contribution < -0.4 is 0 Å². The Hall–Kier alpha value is -0.400. The first-order valence-corrected chi connectivity index (χ1v) is 7.76. The zero-order chi connectivity index (χ0) is 18.6. The average molecular weight is 356 g/mol. The topological polar surface area (TPSA) is 180 Å². The van der Waals surface area contributed by atoms with Crippen molar-refractivity contribution in [3.8, 4) is 0 Å². The number of hydrogen-bond donors (Lipinski definition) is 8. The predicted molar refractivity (Wildman–Crippen MR) is 78.9 cm³/mol. The minimum absolute atomic E-state index is 0.366. The van der Waals surface area contributed by atoms with Crippen LogP contribution in [0.2, 0.25) is 0 Å². The number of ether oxygens (including phenoxy) is 2. The van der Waals surface area contributed by atoms with Crippen molar-refractivity contribution < 1.29 is 50.3 Å². The van der Waals surface area contributed by atoms with Crippen LogP contribution in [0.4, 0.5) is 0 Å². The van der Waals surface area contributed by atoms with Gasteiger partial charge in [-0.15, -0.1) is 0 Å². The van der Waals surface area contributed by atoms with Crippen molar-refractivity contribution in [3.63, 3.8) is 0 Å². The van der Waals surface area contributed by atoms with E-state index in [9.17, 15) is 30.6 Å². The van der Waals surface area contributed by atoms with E-state index in [1.54, 1.807) is 13.8 Å². The molecule has 8 N–H and O–H groups in total. The zero-order valence-electron chi connectivity index (χ0n) is 13.6. The first-order chi connectivity index (χ1) is 11.1. The molecular formula is C14H28O10. The Balaban J connectivity index is 0.000000240. The standard InChI is InChI=1S/2C7H14O5/c2*1-3-5(9)7(11)6(10)4(2-8)12-3/h2*3-11H,2H2,1H3/t3-,4?,5?,6+,7+;3-,4?,5?,6-,7+/m00/s1. The van der Waals surface area contributed by atoms with Crippen LogP contribution >= 0.6 is 0 Å². The van der Waals surface area contributed by atoms with Gasteiger partial charge < -0.3 is 50.3 Å².